The Labute approximate surface area is 133 Å². The average molecular weight is 330 g/mol. The summed E-state index contributed by atoms with van der Waals surface area (Å²) in [6.45, 7) is 5.36. The summed E-state index contributed by atoms with van der Waals surface area (Å²) >= 11 is 5.77. The van der Waals surface area contributed by atoms with Gasteiger partial charge in [0.2, 0.25) is 0 Å². The van der Waals surface area contributed by atoms with E-state index in [0.29, 0.717) is 5.56 Å². The van der Waals surface area contributed by atoms with Crippen LogP contribution >= 0.6 is 11.6 Å². The molecular weight excluding hydrogens is 310 g/mol. The van der Waals surface area contributed by atoms with Crippen LogP contribution in [0.25, 0.3) is 0 Å². The summed E-state index contributed by atoms with van der Waals surface area (Å²) in [5.74, 6) is 0. The van der Waals surface area contributed by atoms with Gasteiger partial charge in [-0.1, -0.05) is 17.7 Å². The molecule has 0 spiro atoms. The number of alkyl carbamates (subject to hydrolysis) is 1. The minimum atomic E-state index is -0.629. The molecule has 1 aromatic rings. The van der Waals surface area contributed by atoms with Crippen molar-refractivity contribution in [3.05, 3.63) is 38.9 Å². The highest BCUT2D eigenvalue weighted by atomic mass is 35.5. The van der Waals surface area contributed by atoms with Gasteiger partial charge in [-0.05, 0) is 26.8 Å². The van der Waals surface area contributed by atoms with Crippen molar-refractivity contribution in [3.63, 3.8) is 0 Å². The van der Waals surface area contributed by atoms with Gasteiger partial charge in [-0.3, -0.25) is 10.1 Å². The molecule has 8 heteroatoms. The molecule has 0 aliphatic carbocycles. The quantitative estimate of drug-likeness (QED) is 0.637. The number of carbonyl (C=O) groups excluding carboxylic acids is 1. The number of carbonyl (C=O) groups is 1. The van der Waals surface area contributed by atoms with Crippen molar-refractivity contribution >= 4 is 23.4 Å². The first-order valence-electron chi connectivity index (χ1n) is 6.75. The Balaban J connectivity index is 2.83. The third-order valence-electron chi connectivity index (χ3n) is 2.72. The van der Waals surface area contributed by atoms with Crippen LogP contribution in [0.1, 0.15) is 26.3 Å². The van der Waals surface area contributed by atoms with Crippen LogP contribution < -0.4 is 11.1 Å². The number of rotatable bonds is 5. The zero-order chi connectivity index (χ0) is 16.9. The van der Waals surface area contributed by atoms with Gasteiger partial charge in [-0.25, -0.2) is 4.79 Å². The Hall–Kier alpha value is -1.86. The average Bonchev–Trinajstić information content (AvgIpc) is 2.37. The minimum absolute atomic E-state index is 0.100. The Kier molecular flexibility index (Phi) is 6.13. The normalized spacial score (nSPS) is 12.6. The van der Waals surface area contributed by atoms with Crippen molar-refractivity contribution in [2.24, 2.45) is 5.73 Å². The number of nitro benzene ring substituents is 1. The summed E-state index contributed by atoms with van der Waals surface area (Å²) in [4.78, 5) is 22.3. The second-order valence-electron chi connectivity index (χ2n) is 5.81. The summed E-state index contributed by atoms with van der Waals surface area (Å²) in [6, 6.07) is 3.91. The number of hydrogen-bond donors (Lipinski definition) is 2. The van der Waals surface area contributed by atoms with Crippen LogP contribution in [0.2, 0.25) is 5.02 Å². The molecule has 1 rings (SSSR count). The third-order valence-corrected chi connectivity index (χ3v) is 2.95. The molecule has 122 valence electrons. The van der Waals surface area contributed by atoms with Gasteiger partial charge < -0.3 is 15.8 Å². The van der Waals surface area contributed by atoms with Gasteiger partial charge in [0.25, 0.3) is 5.69 Å². The molecule has 0 aliphatic rings. The highest BCUT2D eigenvalue weighted by Gasteiger charge is 2.22. The molecule has 0 bridgehead atoms. The Morgan fingerprint density at radius 2 is 2.14 bits per heavy atom. The van der Waals surface area contributed by atoms with E-state index in [1.807, 2.05) is 0 Å². The van der Waals surface area contributed by atoms with Gasteiger partial charge in [-0.15, -0.1) is 0 Å². The lowest BCUT2D eigenvalue weighted by atomic mass is 10.0. The third kappa shape index (κ3) is 5.87. The molecule has 1 atom stereocenters. The highest BCUT2D eigenvalue weighted by Crippen LogP contribution is 2.24. The van der Waals surface area contributed by atoms with E-state index in [9.17, 15) is 14.9 Å². The molecule has 0 fully saturated rings. The number of halogens is 1. The number of amides is 1. The van der Waals surface area contributed by atoms with Crippen LogP contribution in [0.5, 0.6) is 0 Å². The van der Waals surface area contributed by atoms with E-state index >= 15 is 0 Å². The standard InChI is InChI=1S/C14H20ClN3O4/c1-14(2,3)22-13(19)17-11(8-16)6-9-4-5-10(15)7-12(9)18(20)21/h4-5,7,11H,6,8,16H2,1-3H3,(H,17,19). The number of nitro groups is 1. The predicted octanol–water partition coefficient (Wildman–Crippen LogP) is 2.64. The molecule has 3 N–H and O–H groups in total. The van der Waals surface area contributed by atoms with Gasteiger partial charge in [0.1, 0.15) is 5.60 Å². The number of nitrogens with one attached hydrogen (secondary N) is 1. The van der Waals surface area contributed by atoms with Crippen LogP contribution in [0.3, 0.4) is 0 Å². The van der Waals surface area contributed by atoms with E-state index in [2.05, 4.69) is 5.32 Å². The van der Waals surface area contributed by atoms with E-state index in [-0.39, 0.29) is 23.7 Å². The lowest BCUT2D eigenvalue weighted by Gasteiger charge is -2.23. The molecule has 0 radical (unpaired) electrons. The van der Waals surface area contributed by atoms with E-state index in [1.165, 1.54) is 6.07 Å². The molecule has 7 nitrogen and oxygen atoms in total. The Morgan fingerprint density at radius 1 is 1.50 bits per heavy atom. The van der Waals surface area contributed by atoms with Crippen LogP contribution in [0, 0.1) is 10.1 Å². The summed E-state index contributed by atoms with van der Waals surface area (Å²) in [5, 5.41) is 13.9. The van der Waals surface area contributed by atoms with Crippen LogP contribution in [0.4, 0.5) is 10.5 Å². The van der Waals surface area contributed by atoms with Gasteiger partial charge in [0.15, 0.2) is 0 Å². The zero-order valence-corrected chi connectivity index (χ0v) is 13.5. The van der Waals surface area contributed by atoms with Crippen molar-refractivity contribution in [3.8, 4) is 0 Å². The molecular formula is C14H20ClN3O4. The van der Waals surface area contributed by atoms with E-state index in [1.54, 1.807) is 32.9 Å². The molecule has 0 saturated carbocycles. The number of nitrogens with two attached hydrogens (primary N) is 1. The van der Waals surface area contributed by atoms with E-state index in [0.717, 1.165) is 0 Å². The van der Waals surface area contributed by atoms with E-state index in [4.69, 9.17) is 22.1 Å². The van der Waals surface area contributed by atoms with Crippen molar-refractivity contribution in [1.29, 1.82) is 0 Å². The monoisotopic (exact) mass is 329 g/mol. The lowest BCUT2D eigenvalue weighted by molar-refractivity contribution is -0.385. The maximum Gasteiger partial charge on any atom is 0.407 e. The zero-order valence-electron chi connectivity index (χ0n) is 12.8. The molecule has 22 heavy (non-hydrogen) atoms. The smallest absolute Gasteiger partial charge is 0.407 e. The molecule has 0 saturated heterocycles. The van der Waals surface area contributed by atoms with Gasteiger partial charge in [0.05, 0.1) is 4.92 Å². The summed E-state index contributed by atoms with van der Waals surface area (Å²) in [5.41, 5.74) is 5.34. The molecule has 1 amide bonds. The topological polar surface area (TPSA) is 107 Å². The second-order valence-corrected chi connectivity index (χ2v) is 6.25. The summed E-state index contributed by atoms with van der Waals surface area (Å²) in [7, 11) is 0. The molecule has 0 heterocycles. The van der Waals surface area contributed by atoms with Crippen molar-refractivity contribution in [2.45, 2.75) is 38.8 Å². The molecule has 1 aromatic carbocycles. The van der Waals surface area contributed by atoms with Crippen LogP contribution in [-0.2, 0) is 11.2 Å². The molecule has 1 unspecified atom stereocenters. The van der Waals surface area contributed by atoms with Gasteiger partial charge in [-0.2, -0.15) is 0 Å². The number of benzene rings is 1. The summed E-state index contributed by atoms with van der Waals surface area (Å²) < 4.78 is 5.14. The van der Waals surface area contributed by atoms with Crippen molar-refractivity contribution in [1.82, 2.24) is 5.32 Å². The fourth-order valence-electron chi connectivity index (χ4n) is 1.81. The van der Waals surface area contributed by atoms with Gasteiger partial charge >= 0.3 is 6.09 Å². The first-order valence-corrected chi connectivity index (χ1v) is 7.12. The van der Waals surface area contributed by atoms with Crippen molar-refractivity contribution in [2.75, 3.05) is 6.54 Å². The van der Waals surface area contributed by atoms with Gasteiger partial charge in [0, 0.05) is 35.7 Å². The fourth-order valence-corrected chi connectivity index (χ4v) is 1.98. The molecule has 0 aromatic heterocycles. The first kappa shape index (κ1) is 18.2. The lowest BCUT2D eigenvalue weighted by Crippen LogP contribution is -2.44. The Bertz CT molecular complexity index is 558. The Morgan fingerprint density at radius 3 is 2.64 bits per heavy atom. The largest absolute Gasteiger partial charge is 0.444 e. The number of ether oxygens (including phenoxy) is 1. The second kappa shape index (κ2) is 7.42. The van der Waals surface area contributed by atoms with Crippen LogP contribution in [-0.4, -0.2) is 29.2 Å². The fraction of sp³-hybridized carbons (Fsp3) is 0.500. The molecule has 0 aliphatic heterocycles. The minimum Gasteiger partial charge on any atom is -0.444 e. The maximum atomic E-state index is 11.7. The summed E-state index contributed by atoms with van der Waals surface area (Å²) in [6.07, 6.45) is -0.400. The number of hydrogen-bond acceptors (Lipinski definition) is 5. The first-order chi connectivity index (χ1) is 10.1. The number of nitrogens with zero attached hydrogens (tertiary/aromatic N) is 1. The van der Waals surface area contributed by atoms with Crippen LogP contribution in [0.15, 0.2) is 18.2 Å². The van der Waals surface area contributed by atoms with E-state index < -0.39 is 22.7 Å². The SMILES string of the molecule is CC(C)(C)OC(=O)NC(CN)Cc1ccc(Cl)cc1[N+](=O)[O-]. The maximum absolute atomic E-state index is 11.7. The van der Waals surface area contributed by atoms with Crippen molar-refractivity contribution < 1.29 is 14.5 Å². The predicted molar refractivity (Wildman–Crippen MR) is 84.0 cm³/mol. The highest BCUT2D eigenvalue weighted by molar-refractivity contribution is 6.30.